The van der Waals surface area contributed by atoms with Gasteiger partial charge in [0.05, 0.1) is 0 Å². The number of unbranched alkanes of at least 4 members (excludes halogenated alkanes) is 2. The second-order valence-electron chi connectivity index (χ2n) is 3.95. The van der Waals surface area contributed by atoms with E-state index in [9.17, 15) is 4.39 Å². The van der Waals surface area contributed by atoms with E-state index in [-0.39, 0.29) is 0 Å². The predicted octanol–water partition coefficient (Wildman–Crippen LogP) is 2.99. The second-order valence-corrected chi connectivity index (χ2v) is 3.95. The summed E-state index contributed by atoms with van der Waals surface area (Å²) >= 11 is 0. The SMILES string of the molecule is CCCCCN(C)C1(F)OC(C)=C(C)O1. The van der Waals surface area contributed by atoms with Crippen LogP contribution in [0, 0.1) is 0 Å². The van der Waals surface area contributed by atoms with Crippen molar-refractivity contribution in [2.24, 2.45) is 0 Å². The Morgan fingerprint density at radius 2 is 1.73 bits per heavy atom. The zero-order valence-electron chi connectivity index (χ0n) is 9.97. The van der Waals surface area contributed by atoms with Crippen LogP contribution in [0.2, 0.25) is 0 Å². The molecule has 1 heterocycles. The van der Waals surface area contributed by atoms with Gasteiger partial charge in [0.25, 0.3) is 0 Å². The highest BCUT2D eigenvalue weighted by Crippen LogP contribution is 2.33. The van der Waals surface area contributed by atoms with Crippen LogP contribution in [-0.2, 0) is 9.47 Å². The minimum Gasteiger partial charge on any atom is -0.415 e. The molecule has 0 N–H and O–H groups in total. The van der Waals surface area contributed by atoms with Gasteiger partial charge in [0, 0.05) is 6.54 Å². The lowest BCUT2D eigenvalue weighted by Gasteiger charge is -2.28. The Bertz CT molecular complexity index is 239. The number of nitrogens with zero attached hydrogens (tertiary/aromatic N) is 1. The largest absolute Gasteiger partial charge is 0.482 e. The molecule has 15 heavy (non-hydrogen) atoms. The van der Waals surface area contributed by atoms with E-state index in [1.54, 1.807) is 20.9 Å². The fourth-order valence-electron chi connectivity index (χ4n) is 1.43. The summed E-state index contributed by atoms with van der Waals surface area (Å²) in [6, 6.07) is 0. The van der Waals surface area contributed by atoms with Crippen LogP contribution < -0.4 is 0 Å². The van der Waals surface area contributed by atoms with Gasteiger partial charge in [-0.05, 0) is 27.3 Å². The van der Waals surface area contributed by atoms with E-state index in [1.807, 2.05) is 0 Å². The minimum atomic E-state index is -2.10. The Kier molecular flexibility index (Phi) is 3.97. The van der Waals surface area contributed by atoms with Crippen molar-refractivity contribution in [3.8, 4) is 0 Å². The van der Waals surface area contributed by atoms with Gasteiger partial charge in [-0.2, -0.15) is 0 Å². The van der Waals surface area contributed by atoms with E-state index in [4.69, 9.17) is 9.47 Å². The van der Waals surface area contributed by atoms with Crippen molar-refractivity contribution in [3.63, 3.8) is 0 Å². The Hall–Kier alpha value is -0.770. The first-order valence-corrected chi connectivity index (χ1v) is 5.45. The number of allylic oxidation sites excluding steroid dienone is 2. The van der Waals surface area contributed by atoms with Crippen LogP contribution >= 0.6 is 0 Å². The molecule has 0 fully saturated rings. The third kappa shape index (κ3) is 2.84. The molecule has 1 aliphatic rings. The van der Waals surface area contributed by atoms with E-state index in [1.165, 1.54) is 4.90 Å². The molecular weight excluding hydrogens is 197 g/mol. The number of halogens is 1. The maximum absolute atomic E-state index is 14.1. The Balaban J connectivity index is 2.43. The number of hydrogen-bond acceptors (Lipinski definition) is 3. The average Bonchev–Trinajstić information content (AvgIpc) is 2.42. The van der Waals surface area contributed by atoms with Gasteiger partial charge in [-0.15, -0.1) is 4.39 Å². The number of rotatable bonds is 5. The molecule has 0 unspecified atom stereocenters. The number of hydrogen-bond donors (Lipinski definition) is 0. The molecule has 0 aromatic heterocycles. The van der Waals surface area contributed by atoms with Gasteiger partial charge < -0.3 is 9.47 Å². The second kappa shape index (κ2) is 4.84. The maximum atomic E-state index is 14.1. The zero-order valence-corrected chi connectivity index (χ0v) is 9.97. The van der Waals surface area contributed by atoms with Gasteiger partial charge in [-0.1, -0.05) is 19.8 Å². The fraction of sp³-hybridized carbons (Fsp3) is 0.818. The van der Waals surface area contributed by atoms with Crippen LogP contribution in [0.5, 0.6) is 0 Å². The molecule has 3 nitrogen and oxygen atoms in total. The smallest absolute Gasteiger partial charge is 0.415 e. The lowest BCUT2D eigenvalue weighted by Crippen LogP contribution is -2.44. The summed E-state index contributed by atoms with van der Waals surface area (Å²) in [5.41, 5.74) is 0. The standard InChI is InChI=1S/C11H20FNO2/c1-5-6-7-8-13(4)11(12)14-9(2)10(3)15-11/h5-8H2,1-4H3. The molecule has 0 aromatic carbocycles. The van der Waals surface area contributed by atoms with E-state index >= 15 is 0 Å². The molecule has 0 aliphatic carbocycles. The molecule has 1 rings (SSSR count). The van der Waals surface area contributed by atoms with Crippen LogP contribution in [0.3, 0.4) is 0 Å². The molecular formula is C11H20FNO2. The third-order valence-corrected chi connectivity index (χ3v) is 2.61. The maximum Gasteiger partial charge on any atom is 0.482 e. The van der Waals surface area contributed by atoms with E-state index in [0.717, 1.165) is 19.3 Å². The summed E-state index contributed by atoms with van der Waals surface area (Å²) in [5.74, 6) is 1.03. The van der Waals surface area contributed by atoms with Crippen LogP contribution in [0.25, 0.3) is 0 Å². The van der Waals surface area contributed by atoms with Crippen molar-refractivity contribution in [2.45, 2.75) is 46.2 Å². The lowest BCUT2D eigenvalue weighted by molar-refractivity contribution is -0.332. The van der Waals surface area contributed by atoms with Crippen LogP contribution in [0.1, 0.15) is 40.0 Å². The molecule has 88 valence electrons. The lowest BCUT2D eigenvalue weighted by atomic mass is 10.2. The highest BCUT2D eigenvalue weighted by atomic mass is 19.2. The zero-order chi connectivity index (χ0) is 11.5. The average molecular weight is 217 g/mol. The summed E-state index contributed by atoms with van der Waals surface area (Å²) in [5, 5.41) is 0. The number of alkyl halides is 1. The Labute approximate surface area is 90.8 Å². The van der Waals surface area contributed by atoms with Gasteiger partial charge in [-0.3, -0.25) is 0 Å². The van der Waals surface area contributed by atoms with E-state index in [0.29, 0.717) is 18.1 Å². The summed E-state index contributed by atoms with van der Waals surface area (Å²) < 4.78 is 24.2. The van der Waals surface area contributed by atoms with E-state index in [2.05, 4.69) is 6.92 Å². The third-order valence-electron chi connectivity index (χ3n) is 2.61. The molecule has 0 saturated carbocycles. The first-order valence-electron chi connectivity index (χ1n) is 5.45. The highest BCUT2D eigenvalue weighted by molar-refractivity contribution is 5.01. The molecule has 0 aromatic rings. The molecule has 0 saturated heterocycles. The van der Waals surface area contributed by atoms with Crippen LogP contribution in [-0.4, -0.2) is 24.7 Å². The van der Waals surface area contributed by atoms with Crippen LogP contribution in [0.4, 0.5) is 4.39 Å². The predicted molar refractivity (Wildman–Crippen MR) is 56.5 cm³/mol. The minimum absolute atomic E-state index is 0.514. The number of ether oxygens (including phenoxy) is 2. The molecule has 0 bridgehead atoms. The Morgan fingerprint density at radius 3 is 2.20 bits per heavy atom. The first kappa shape index (κ1) is 12.3. The van der Waals surface area contributed by atoms with Crippen molar-refractivity contribution >= 4 is 0 Å². The molecule has 1 aliphatic heterocycles. The molecule has 0 atom stereocenters. The van der Waals surface area contributed by atoms with Gasteiger partial charge in [-0.25, -0.2) is 4.90 Å². The molecule has 0 amide bonds. The van der Waals surface area contributed by atoms with Crippen molar-refractivity contribution in [3.05, 3.63) is 11.5 Å². The monoisotopic (exact) mass is 217 g/mol. The molecule has 0 radical (unpaired) electrons. The highest BCUT2D eigenvalue weighted by Gasteiger charge is 2.45. The van der Waals surface area contributed by atoms with Crippen molar-refractivity contribution < 1.29 is 13.9 Å². The van der Waals surface area contributed by atoms with E-state index < -0.39 is 6.16 Å². The van der Waals surface area contributed by atoms with Crippen molar-refractivity contribution in [1.82, 2.24) is 4.90 Å². The van der Waals surface area contributed by atoms with Gasteiger partial charge in [0.2, 0.25) is 0 Å². The van der Waals surface area contributed by atoms with Crippen molar-refractivity contribution in [1.29, 1.82) is 0 Å². The molecule has 0 spiro atoms. The topological polar surface area (TPSA) is 21.7 Å². The van der Waals surface area contributed by atoms with Gasteiger partial charge in [0.15, 0.2) is 0 Å². The summed E-state index contributed by atoms with van der Waals surface area (Å²) in [6.45, 7) is 6.15. The normalized spacial score (nSPS) is 19.3. The quantitative estimate of drug-likeness (QED) is 0.522. The molecule has 4 heteroatoms. The fourth-order valence-corrected chi connectivity index (χ4v) is 1.43. The summed E-state index contributed by atoms with van der Waals surface area (Å²) in [4.78, 5) is 1.46. The van der Waals surface area contributed by atoms with Crippen molar-refractivity contribution in [2.75, 3.05) is 13.6 Å². The van der Waals surface area contributed by atoms with Gasteiger partial charge >= 0.3 is 6.16 Å². The Morgan fingerprint density at radius 1 is 1.20 bits per heavy atom. The summed E-state index contributed by atoms with van der Waals surface area (Å²) in [6.07, 6.45) is 1.06. The van der Waals surface area contributed by atoms with Crippen LogP contribution in [0.15, 0.2) is 11.5 Å². The van der Waals surface area contributed by atoms with Gasteiger partial charge in [0.1, 0.15) is 11.5 Å². The summed E-state index contributed by atoms with van der Waals surface area (Å²) in [7, 11) is 1.67. The first-order chi connectivity index (χ1) is 6.99.